The quantitative estimate of drug-likeness (QED) is 0.626. The van der Waals surface area contributed by atoms with E-state index in [9.17, 15) is 10.2 Å². The predicted octanol–water partition coefficient (Wildman–Crippen LogP) is 5.76. The lowest BCUT2D eigenvalue weighted by Crippen LogP contribution is -1.80. The monoisotopic (exact) mass is 330 g/mol. The van der Waals surface area contributed by atoms with Crippen LogP contribution in [-0.4, -0.2) is 10.2 Å². The lowest BCUT2D eigenvalue weighted by molar-refractivity contribution is 0.474. The van der Waals surface area contributed by atoms with E-state index >= 15 is 0 Å². The van der Waals surface area contributed by atoms with Crippen LogP contribution in [0.3, 0.4) is 0 Å². The van der Waals surface area contributed by atoms with Crippen LogP contribution in [0.15, 0.2) is 42.5 Å². The Hall–Kier alpha value is -1.97. The number of benzene rings is 2. The normalized spacial score (nSPS) is 10.9. The van der Waals surface area contributed by atoms with Gasteiger partial charge in [0.25, 0.3) is 0 Å². The third-order valence-corrected chi connectivity index (χ3v) is 5.23. The van der Waals surface area contributed by atoms with Crippen LogP contribution in [0.1, 0.15) is 11.1 Å². The van der Waals surface area contributed by atoms with E-state index in [-0.39, 0.29) is 11.5 Å². The number of rotatable bonds is 2. The zero-order valence-electron chi connectivity index (χ0n) is 12.2. The molecule has 2 N–H and O–H groups in total. The second kappa shape index (κ2) is 5.67. The van der Waals surface area contributed by atoms with Gasteiger partial charge in [0, 0.05) is 4.88 Å². The maximum absolute atomic E-state index is 9.55. The first kappa shape index (κ1) is 14.9. The molecule has 1 aromatic heterocycles. The molecule has 22 heavy (non-hydrogen) atoms. The van der Waals surface area contributed by atoms with Gasteiger partial charge >= 0.3 is 0 Å². The molecule has 0 fully saturated rings. The van der Waals surface area contributed by atoms with Crippen LogP contribution in [-0.2, 0) is 0 Å². The number of halogens is 1. The minimum atomic E-state index is 0.253. The predicted molar refractivity (Wildman–Crippen MR) is 93.0 cm³/mol. The molecule has 2 aromatic carbocycles. The van der Waals surface area contributed by atoms with E-state index < -0.39 is 0 Å². The first-order valence-electron chi connectivity index (χ1n) is 6.85. The second-order valence-electron chi connectivity index (χ2n) is 5.29. The number of phenols is 2. The highest BCUT2D eigenvalue weighted by atomic mass is 35.5. The zero-order valence-corrected chi connectivity index (χ0v) is 13.8. The largest absolute Gasteiger partial charge is 0.508 e. The molecule has 0 spiro atoms. The molecule has 0 bridgehead atoms. The van der Waals surface area contributed by atoms with Crippen molar-refractivity contribution in [1.82, 2.24) is 0 Å². The Morgan fingerprint density at radius 3 is 1.91 bits per heavy atom. The molecule has 0 saturated carbocycles. The molecule has 3 rings (SSSR count). The van der Waals surface area contributed by atoms with Crippen LogP contribution in [0, 0.1) is 13.8 Å². The maximum atomic E-state index is 9.55. The summed E-state index contributed by atoms with van der Waals surface area (Å²) in [5, 5.41) is 19.8. The lowest BCUT2D eigenvalue weighted by Gasteiger charge is -2.05. The topological polar surface area (TPSA) is 40.5 Å². The van der Waals surface area contributed by atoms with Gasteiger partial charge in [-0.3, -0.25) is 0 Å². The fourth-order valence-electron chi connectivity index (χ4n) is 2.51. The molecule has 0 unspecified atom stereocenters. The third-order valence-electron chi connectivity index (χ3n) is 3.62. The van der Waals surface area contributed by atoms with E-state index in [1.54, 1.807) is 35.6 Å². The number of thiophene rings is 1. The summed E-state index contributed by atoms with van der Waals surface area (Å²) in [6.45, 7) is 3.92. The van der Waals surface area contributed by atoms with Crippen molar-refractivity contribution in [1.29, 1.82) is 0 Å². The van der Waals surface area contributed by atoms with E-state index in [0.717, 1.165) is 32.0 Å². The van der Waals surface area contributed by atoms with Gasteiger partial charge in [0.15, 0.2) is 0 Å². The summed E-state index contributed by atoms with van der Waals surface area (Å²) in [6, 6.07) is 12.6. The SMILES string of the molecule is Cc1cc(O)ccc1-c1cc(Cl)c(-c2ccc(O)cc2C)s1. The van der Waals surface area contributed by atoms with Crippen molar-refractivity contribution in [2.45, 2.75) is 13.8 Å². The molecule has 0 amide bonds. The van der Waals surface area contributed by atoms with Gasteiger partial charge in [-0.25, -0.2) is 0 Å². The van der Waals surface area contributed by atoms with E-state index in [1.165, 1.54) is 0 Å². The molecule has 1 heterocycles. The van der Waals surface area contributed by atoms with Gasteiger partial charge in [0.1, 0.15) is 11.5 Å². The summed E-state index contributed by atoms with van der Waals surface area (Å²) in [5.41, 5.74) is 4.08. The Labute approximate surface area is 138 Å². The first-order chi connectivity index (χ1) is 10.5. The average molecular weight is 331 g/mol. The fourth-order valence-corrected chi connectivity index (χ4v) is 4.13. The molecule has 0 saturated heterocycles. The van der Waals surface area contributed by atoms with Crippen molar-refractivity contribution in [3.8, 4) is 32.4 Å². The van der Waals surface area contributed by atoms with Gasteiger partial charge < -0.3 is 10.2 Å². The number of hydrogen-bond donors (Lipinski definition) is 2. The molecule has 0 radical (unpaired) electrons. The molecule has 0 aliphatic rings. The maximum Gasteiger partial charge on any atom is 0.115 e. The van der Waals surface area contributed by atoms with Crippen molar-refractivity contribution in [3.05, 3.63) is 58.6 Å². The zero-order chi connectivity index (χ0) is 15.9. The highest BCUT2D eigenvalue weighted by molar-refractivity contribution is 7.19. The minimum absolute atomic E-state index is 0.253. The fraction of sp³-hybridized carbons (Fsp3) is 0.111. The van der Waals surface area contributed by atoms with Crippen molar-refractivity contribution in [3.63, 3.8) is 0 Å². The Balaban J connectivity index is 2.11. The summed E-state index contributed by atoms with van der Waals surface area (Å²) in [7, 11) is 0. The van der Waals surface area contributed by atoms with Gasteiger partial charge in [0.2, 0.25) is 0 Å². The van der Waals surface area contributed by atoms with Gasteiger partial charge in [-0.15, -0.1) is 11.3 Å². The Bertz CT molecular complexity index is 852. The summed E-state index contributed by atoms with van der Waals surface area (Å²) in [5.74, 6) is 0.516. The summed E-state index contributed by atoms with van der Waals surface area (Å²) < 4.78 is 0. The van der Waals surface area contributed by atoms with Crippen LogP contribution in [0.25, 0.3) is 20.9 Å². The molecular weight excluding hydrogens is 316 g/mol. The van der Waals surface area contributed by atoms with Gasteiger partial charge in [-0.05, 0) is 78.6 Å². The van der Waals surface area contributed by atoms with E-state index in [1.807, 2.05) is 32.0 Å². The highest BCUT2D eigenvalue weighted by Crippen LogP contribution is 2.43. The Kier molecular flexibility index (Phi) is 3.85. The lowest BCUT2D eigenvalue weighted by atomic mass is 10.1. The van der Waals surface area contributed by atoms with Gasteiger partial charge in [-0.1, -0.05) is 11.6 Å². The molecule has 3 aromatic rings. The summed E-state index contributed by atoms with van der Waals surface area (Å²) in [6.07, 6.45) is 0. The Morgan fingerprint density at radius 2 is 1.36 bits per heavy atom. The summed E-state index contributed by atoms with van der Waals surface area (Å²) in [4.78, 5) is 2.05. The van der Waals surface area contributed by atoms with Crippen molar-refractivity contribution in [2.24, 2.45) is 0 Å². The molecule has 0 aliphatic heterocycles. The van der Waals surface area contributed by atoms with E-state index in [4.69, 9.17) is 11.6 Å². The van der Waals surface area contributed by atoms with Crippen LogP contribution in [0.4, 0.5) is 0 Å². The standard InChI is InChI=1S/C18H15ClO2S/c1-10-7-12(20)3-5-14(10)17-9-16(19)18(22-17)15-6-4-13(21)8-11(15)2/h3-9,20-21H,1-2H3. The highest BCUT2D eigenvalue weighted by Gasteiger charge is 2.14. The van der Waals surface area contributed by atoms with Crippen LogP contribution in [0.5, 0.6) is 11.5 Å². The van der Waals surface area contributed by atoms with Crippen molar-refractivity contribution < 1.29 is 10.2 Å². The van der Waals surface area contributed by atoms with Gasteiger partial charge in [-0.2, -0.15) is 0 Å². The molecular formula is C18H15ClO2S. The number of hydrogen-bond acceptors (Lipinski definition) is 3. The third kappa shape index (κ3) is 2.70. The first-order valence-corrected chi connectivity index (χ1v) is 8.04. The van der Waals surface area contributed by atoms with Crippen LogP contribution < -0.4 is 0 Å². The second-order valence-corrected chi connectivity index (χ2v) is 6.75. The molecule has 0 atom stereocenters. The van der Waals surface area contributed by atoms with Crippen molar-refractivity contribution >= 4 is 22.9 Å². The average Bonchev–Trinajstić information content (AvgIpc) is 2.80. The van der Waals surface area contributed by atoms with Crippen LogP contribution in [0.2, 0.25) is 5.02 Å². The smallest absolute Gasteiger partial charge is 0.115 e. The van der Waals surface area contributed by atoms with Crippen LogP contribution >= 0.6 is 22.9 Å². The van der Waals surface area contributed by atoms with E-state index in [2.05, 4.69) is 0 Å². The number of aromatic hydroxyl groups is 2. The Morgan fingerprint density at radius 1 is 0.818 bits per heavy atom. The van der Waals surface area contributed by atoms with E-state index in [0.29, 0.717) is 5.02 Å². The molecule has 2 nitrogen and oxygen atoms in total. The molecule has 112 valence electrons. The van der Waals surface area contributed by atoms with Gasteiger partial charge in [0.05, 0.1) is 9.90 Å². The minimum Gasteiger partial charge on any atom is -0.508 e. The summed E-state index contributed by atoms with van der Waals surface area (Å²) >= 11 is 8.03. The number of aryl methyl sites for hydroxylation is 2. The number of phenolic OH excluding ortho intramolecular Hbond substituents is 2. The molecule has 4 heteroatoms. The van der Waals surface area contributed by atoms with Crippen molar-refractivity contribution in [2.75, 3.05) is 0 Å². The molecule has 0 aliphatic carbocycles.